The molecule has 2 aromatic carbocycles. The lowest BCUT2D eigenvalue weighted by atomic mass is 10.0. The van der Waals surface area contributed by atoms with Gasteiger partial charge in [0.05, 0.1) is 11.1 Å². The van der Waals surface area contributed by atoms with Crippen LogP contribution in [0.1, 0.15) is 24.1 Å². The van der Waals surface area contributed by atoms with Crippen molar-refractivity contribution in [1.29, 1.82) is 0 Å². The average Bonchev–Trinajstić information content (AvgIpc) is 2.70. The molecule has 0 radical (unpaired) electrons. The van der Waals surface area contributed by atoms with E-state index in [1.54, 1.807) is 0 Å². The highest BCUT2D eigenvalue weighted by atomic mass is 16.1. The lowest BCUT2D eigenvalue weighted by Crippen LogP contribution is -2.40. The van der Waals surface area contributed by atoms with Gasteiger partial charge in [-0.05, 0) is 49.6 Å². The molecule has 0 aliphatic carbocycles. The number of anilines is 2. The zero-order chi connectivity index (χ0) is 18.8. The first kappa shape index (κ1) is 17.5. The number of nitrogens with zero attached hydrogens (tertiary/aromatic N) is 2. The van der Waals surface area contributed by atoms with Crippen molar-refractivity contribution in [3.8, 4) is 0 Å². The van der Waals surface area contributed by atoms with Gasteiger partial charge >= 0.3 is 0 Å². The van der Waals surface area contributed by atoms with Crippen molar-refractivity contribution >= 4 is 22.1 Å². The lowest BCUT2D eigenvalue weighted by molar-refractivity contribution is 0.500. The summed E-state index contributed by atoms with van der Waals surface area (Å²) in [6.07, 6.45) is 2.07. The fraction of sp³-hybridized carbons (Fsp3) is 0.333. The van der Waals surface area contributed by atoms with Crippen LogP contribution in [0.25, 0.3) is 10.8 Å². The Balaban J connectivity index is 1.55. The zero-order valence-electron chi connectivity index (χ0n) is 15.5. The van der Waals surface area contributed by atoms with E-state index in [1.807, 2.05) is 25.1 Å². The fourth-order valence-electron chi connectivity index (χ4n) is 3.71. The maximum Gasteiger partial charge on any atom is 0.272 e. The number of nitrogens with one attached hydrogen (secondary N) is 2. The van der Waals surface area contributed by atoms with Crippen molar-refractivity contribution < 1.29 is 0 Å². The predicted octanol–water partition coefficient (Wildman–Crippen LogP) is 2.77. The van der Waals surface area contributed by atoms with Crippen LogP contribution >= 0.6 is 0 Å². The number of piperidine rings is 1. The Kier molecular flexibility index (Phi) is 4.81. The highest BCUT2D eigenvalue weighted by Gasteiger charge is 2.18. The van der Waals surface area contributed by atoms with Crippen molar-refractivity contribution in [1.82, 2.24) is 10.2 Å². The maximum atomic E-state index is 11.9. The van der Waals surface area contributed by atoms with Crippen LogP contribution in [0.3, 0.4) is 0 Å². The molecule has 1 fully saturated rings. The number of benzene rings is 2. The molecule has 1 aromatic heterocycles. The summed E-state index contributed by atoms with van der Waals surface area (Å²) in [5, 5.41) is 11.6. The van der Waals surface area contributed by atoms with Crippen molar-refractivity contribution in [3.63, 3.8) is 0 Å². The Hall–Kier alpha value is -2.86. The highest BCUT2D eigenvalue weighted by Crippen LogP contribution is 2.25. The first-order valence-electron chi connectivity index (χ1n) is 9.43. The van der Waals surface area contributed by atoms with E-state index in [9.17, 15) is 4.79 Å². The number of fused-ring (bicyclic) bond motifs is 1. The summed E-state index contributed by atoms with van der Waals surface area (Å²) >= 11 is 0. The van der Waals surface area contributed by atoms with Crippen molar-refractivity contribution in [2.24, 2.45) is 5.73 Å². The van der Waals surface area contributed by atoms with E-state index in [0.717, 1.165) is 49.2 Å². The van der Waals surface area contributed by atoms with E-state index in [2.05, 4.69) is 44.7 Å². The van der Waals surface area contributed by atoms with Crippen LogP contribution in [0.5, 0.6) is 0 Å². The Morgan fingerprint density at radius 1 is 1.19 bits per heavy atom. The molecule has 0 spiro atoms. The summed E-state index contributed by atoms with van der Waals surface area (Å²) < 4.78 is 0. The van der Waals surface area contributed by atoms with Crippen LogP contribution in [0.4, 0.5) is 11.4 Å². The summed E-state index contributed by atoms with van der Waals surface area (Å²) in [6, 6.07) is 14.6. The van der Waals surface area contributed by atoms with Gasteiger partial charge in [0.2, 0.25) is 0 Å². The van der Waals surface area contributed by atoms with Gasteiger partial charge in [-0.3, -0.25) is 4.79 Å². The normalized spacial score (nSPS) is 15.3. The third kappa shape index (κ3) is 3.66. The molecule has 1 aliphatic heterocycles. The lowest BCUT2D eigenvalue weighted by Gasteiger charge is -2.33. The molecule has 0 atom stereocenters. The number of hydrogen-bond acceptors (Lipinski definition) is 5. The number of aromatic nitrogens is 2. The SMILES string of the molecule is Cc1n[nH]c(=O)c2ccc(NCc3ccccc3N3CCC(N)CC3)cc12. The molecule has 4 rings (SSSR count). The van der Waals surface area contributed by atoms with Crippen LogP contribution in [-0.4, -0.2) is 29.3 Å². The fourth-order valence-corrected chi connectivity index (χ4v) is 3.71. The number of aryl methyl sites for hydroxylation is 1. The number of rotatable bonds is 4. The second-order valence-electron chi connectivity index (χ2n) is 7.21. The van der Waals surface area contributed by atoms with Crippen molar-refractivity contribution in [2.45, 2.75) is 32.4 Å². The number of para-hydroxylation sites is 1. The molecule has 6 nitrogen and oxygen atoms in total. The summed E-state index contributed by atoms with van der Waals surface area (Å²) in [5.74, 6) is 0. The molecule has 0 bridgehead atoms. The van der Waals surface area contributed by atoms with E-state index >= 15 is 0 Å². The van der Waals surface area contributed by atoms with Gasteiger partial charge in [-0.2, -0.15) is 5.10 Å². The van der Waals surface area contributed by atoms with Crippen LogP contribution in [-0.2, 0) is 6.54 Å². The van der Waals surface area contributed by atoms with Crippen LogP contribution < -0.4 is 21.5 Å². The summed E-state index contributed by atoms with van der Waals surface area (Å²) in [7, 11) is 0. The summed E-state index contributed by atoms with van der Waals surface area (Å²) in [4.78, 5) is 14.3. The molecule has 0 unspecified atom stereocenters. The minimum absolute atomic E-state index is 0.157. The van der Waals surface area contributed by atoms with Gasteiger partial charge in [-0.15, -0.1) is 0 Å². The van der Waals surface area contributed by atoms with Crippen LogP contribution in [0.15, 0.2) is 47.3 Å². The van der Waals surface area contributed by atoms with Crippen molar-refractivity contribution in [2.75, 3.05) is 23.3 Å². The number of H-pyrrole nitrogens is 1. The zero-order valence-corrected chi connectivity index (χ0v) is 15.5. The first-order chi connectivity index (χ1) is 13.1. The van der Waals surface area contributed by atoms with E-state index in [4.69, 9.17) is 5.73 Å². The molecular formula is C21H25N5O. The standard InChI is InChI=1S/C21H25N5O/c1-14-19-12-17(6-7-18(19)21(27)25-24-14)23-13-15-4-2-3-5-20(15)26-10-8-16(22)9-11-26/h2-7,12,16,23H,8-11,13,22H2,1H3,(H,25,27). The molecule has 4 N–H and O–H groups in total. The van der Waals surface area contributed by atoms with Gasteiger partial charge in [0.1, 0.15) is 0 Å². The molecule has 0 saturated carbocycles. The molecule has 0 amide bonds. The smallest absolute Gasteiger partial charge is 0.272 e. The topological polar surface area (TPSA) is 87.0 Å². The summed E-state index contributed by atoms with van der Waals surface area (Å²) in [5.41, 5.74) is 10.2. The Labute approximate surface area is 158 Å². The van der Waals surface area contributed by atoms with Gasteiger partial charge in [0.25, 0.3) is 5.56 Å². The second-order valence-corrected chi connectivity index (χ2v) is 7.21. The largest absolute Gasteiger partial charge is 0.381 e. The number of nitrogens with two attached hydrogens (primary N) is 1. The molecular weight excluding hydrogens is 338 g/mol. The maximum absolute atomic E-state index is 11.9. The van der Waals surface area contributed by atoms with Crippen molar-refractivity contribution in [3.05, 3.63) is 64.1 Å². The Bertz CT molecular complexity index is 1000. The molecule has 2 heterocycles. The molecule has 3 aromatic rings. The van der Waals surface area contributed by atoms with E-state index < -0.39 is 0 Å². The average molecular weight is 363 g/mol. The number of hydrogen-bond donors (Lipinski definition) is 3. The first-order valence-corrected chi connectivity index (χ1v) is 9.43. The van der Waals surface area contributed by atoms with Gasteiger partial charge in [0, 0.05) is 42.4 Å². The molecule has 1 saturated heterocycles. The minimum Gasteiger partial charge on any atom is -0.381 e. The predicted molar refractivity (Wildman–Crippen MR) is 110 cm³/mol. The molecule has 27 heavy (non-hydrogen) atoms. The molecule has 1 aliphatic rings. The third-order valence-electron chi connectivity index (χ3n) is 5.33. The minimum atomic E-state index is -0.157. The molecule has 140 valence electrons. The van der Waals surface area contributed by atoms with Gasteiger partial charge in [-0.25, -0.2) is 5.10 Å². The van der Waals surface area contributed by atoms with E-state index in [1.165, 1.54) is 11.3 Å². The quantitative estimate of drug-likeness (QED) is 0.663. The van der Waals surface area contributed by atoms with Crippen LogP contribution in [0, 0.1) is 6.92 Å². The number of aromatic amines is 1. The van der Waals surface area contributed by atoms with Gasteiger partial charge in [0.15, 0.2) is 0 Å². The van der Waals surface area contributed by atoms with Crippen LogP contribution in [0.2, 0.25) is 0 Å². The van der Waals surface area contributed by atoms with E-state index in [-0.39, 0.29) is 5.56 Å². The third-order valence-corrected chi connectivity index (χ3v) is 5.33. The summed E-state index contributed by atoms with van der Waals surface area (Å²) in [6.45, 7) is 4.63. The highest BCUT2D eigenvalue weighted by molar-refractivity contribution is 5.86. The van der Waals surface area contributed by atoms with Gasteiger partial charge < -0.3 is 16.0 Å². The molecule has 6 heteroatoms. The monoisotopic (exact) mass is 363 g/mol. The Morgan fingerprint density at radius 3 is 2.78 bits per heavy atom. The van der Waals surface area contributed by atoms with Gasteiger partial charge in [-0.1, -0.05) is 18.2 Å². The second kappa shape index (κ2) is 7.40. The van der Waals surface area contributed by atoms with E-state index in [0.29, 0.717) is 11.4 Å². The Morgan fingerprint density at radius 2 is 1.96 bits per heavy atom.